The molecule has 1 rings (SSSR count). The first kappa shape index (κ1) is 16.6. The van der Waals surface area contributed by atoms with Gasteiger partial charge < -0.3 is 11.1 Å². The number of sulfonamides is 1. The fourth-order valence-corrected chi connectivity index (χ4v) is 2.66. The number of nitrogens with two attached hydrogens (primary N) is 1. The van der Waals surface area contributed by atoms with Crippen LogP contribution in [0.1, 0.15) is 24.9 Å². The average Bonchev–Trinajstić information content (AvgIpc) is 2.39. The molecular formula is C13H21N3O3S. The van der Waals surface area contributed by atoms with E-state index in [1.807, 2.05) is 30.3 Å². The quantitative estimate of drug-likeness (QED) is 0.635. The average molecular weight is 299 g/mol. The number of benzene rings is 1. The van der Waals surface area contributed by atoms with Crippen LogP contribution in [0, 0.1) is 0 Å². The van der Waals surface area contributed by atoms with Gasteiger partial charge in [-0.2, -0.15) is 0 Å². The molecule has 0 fully saturated rings. The van der Waals surface area contributed by atoms with Gasteiger partial charge in [-0.05, 0) is 5.56 Å². The van der Waals surface area contributed by atoms with Crippen LogP contribution in [-0.2, 0) is 14.8 Å². The highest BCUT2D eigenvalue weighted by atomic mass is 32.2. The van der Waals surface area contributed by atoms with E-state index in [0.717, 1.165) is 5.56 Å². The maximum Gasteiger partial charge on any atom is 0.221 e. The Kier molecular flexibility index (Phi) is 6.63. The molecule has 0 radical (unpaired) electrons. The van der Waals surface area contributed by atoms with E-state index in [1.165, 1.54) is 0 Å². The third-order valence-corrected chi connectivity index (χ3v) is 4.16. The van der Waals surface area contributed by atoms with E-state index in [0.29, 0.717) is 6.54 Å². The van der Waals surface area contributed by atoms with Crippen molar-refractivity contribution in [1.82, 2.24) is 10.0 Å². The van der Waals surface area contributed by atoms with Crippen LogP contribution in [0.4, 0.5) is 0 Å². The van der Waals surface area contributed by atoms with Crippen LogP contribution in [0.15, 0.2) is 30.3 Å². The second-order valence-corrected chi connectivity index (χ2v) is 6.31. The summed E-state index contributed by atoms with van der Waals surface area (Å²) in [6.07, 6.45) is 0.130. The molecule has 7 heteroatoms. The third-order valence-electron chi connectivity index (χ3n) is 2.69. The zero-order chi connectivity index (χ0) is 15.0. The van der Waals surface area contributed by atoms with E-state index in [4.69, 9.17) is 5.73 Å². The highest BCUT2D eigenvalue weighted by molar-refractivity contribution is 7.89. The Morgan fingerprint density at radius 3 is 2.55 bits per heavy atom. The Labute approximate surface area is 119 Å². The minimum atomic E-state index is -3.30. The van der Waals surface area contributed by atoms with Crippen LogP contribution in [0.3, 0.4) is 0 Å². The molecule has 0 bridgehead atoms. The Morgan fingerprint density at radius 1 is 1.30 bits per heavy atom. The van der Waals surface area contributed by atoms with E-state index in [-0.39, 0.29) is 30.7 Å². The molecule has 0 heterocycles. The molecule has 1 amide bonds. The molecule has 0 aliphatic heterocycles. The van der Waals surface area contributed by atoms with Crippen LogP contribution in [0.2, 0.25) is 0 Å². The molecule has 20 heavy (non-hydrogen) atoms. The van der Waals surface area contributed by atoms with Crippen LogP contribution >= 0.6 is 0 Å². The summed E-state index contributed by atoms with van der Waals surface area (Å²) < 4.78 is 25.1. The Balaban J connectivity index is 2.34. The van der Waals surface area contributed by atoms with E-state index in [1.54, 1.807) is 6.92 Å². The van der Waals surface area contributed by atoms with Crippen molar-refractivity contribution in [3.63, 3.8) is 0 Å². The molecule has 0 saturated heterocycles. The number of carbonyl (C=O) groups is 1. The summed E-state index contributed by atoms with van der Waals surface area (Å²) in [5, 5.41) is 2.56. The Morgan fingerprint density at radius 2 is 1.95 bits per heavy atom. The molecular weight excluding hydrogens is 278 g/mol. The highest BCUT2D eigenvalue weighted by Gasteiger charge is 2.13. The number of hydrogen-bond acceptors (Lipinski definition) is 4. The van der Waals surface area contributed by atoms with Gasteiger partial charge in [0.1, 0.15) is 0 Å². The predicted octanol–water partition coefficient (Wildman–Crippen LogP) is 0.132. The maximum absolute atomic E-state index is 11.7. The van der Waals surface area contributed by atoms with Crippen LogP contribution in [-0.4, -0.2) is 33.2 Å². The fourth-order valence-electron chi connectivity index (χ4n) is 1.71. The predicted molar refractivity (Wildman–Crippen MR) is 78.5 cm³/mol. The van der Waals surface area contributed by atoms with Crippen molar-refractivity contribution < 1.29 is 13.2 Å². The molecule has 4 N–H and O–H groups in total. The zero-order valence-electron chi connectivity index (χ0n) is 11.5. The summed E-state index contributed by atoms with van der Waals surface area (Å²) in [7, 11) is -3.30. The van der Waals surface area contributed by atoms with Gasteiger partial charge in [-0.3, -0.25) is 4.79 Å². The van der Waals surface area contributed by atoms with Gasteiger partial charge in [-0.1, -0.05) is 37.3 Å². The van der Waals surface area contributed by atoms with Gasteiger partial charge >= 0.3 is 0 Å². The summed E-state index contributed by atoms with van der Waals surface area (Å²) in [5.41, 5.74) is 6.79. The van der Waals surface area contributed by atoms with Gasteiger partial charge in [0.25, 0.3) is 0 Å². The van der Waals surface area contributed by atoms with Crippen LogP contribution in [0.25, 0.3) is 0 Å². The summed E-state index contributed by atoms with van der Waals surface area (Å²) in [4.78, 5) is 11.7. The molecule has 1 unspecified atom stereocenters. The smallest absolute Gasteiger partial charge is 0.221 e. The summed E-state index contributed by atoms with van der Waals surface area (Å²) in [5.74, 6) is -0.388. The largest absolute Gasteiger partial charge is 0.355 e. The number of amides is 1. The van der Waals surface area contributed by atoms with Gasteiger partial charge in [0.15, 0.2) is 0 Å². The van der Waals surface area contributed by atoms with Crippen molar-refractivity contribution in [2.75, 3.05) is 18.8 Å². The van der Waals surface area contributed by atoms with Crippen LogP contribution < -0.4 is 15.8 Å². The van der Waals surface area contributed by atoms with E-state index in [2.05, 4.69) is 10.0 Å². The lowest BCUT2D eigenvalue weighted by Gasteiger charge is -2.12. The lowest BCUT2D eigenvalue weighted by molar-refractivity contribution is -0.121. The summed E-state index contributed by atoms with van der Waals surface area (Å²) in [6, 6.07) is 8.91. The molecule has 1 atom stereocenters. The van der Waals surface area contributed by atoms with E-state index >= 15 is 0 Å². The van der Waals surface area contributed by atoms with Crippen molar-refractivity contribution >= 4 is 15.9 Å². The minimum Gasteiger partial charge on any atom is -0.355 e. The SMILES string of the molecule is CCNS(=O)(=O)CCNC(=O)CC(N)c1ccccc1. The highest BCUT2D eigenvalue weighted by Crippen LogP contribution is 2.12. The summed E-state index contributed by atoms with van der Waals surface area (Å²) in [6.45, 7) is 2.12. The molecule has 0 saturated carbocycles. The monoisotopic (exact) mass is 299 g/mol. The third kappa shape index (κ3) is 6.14. The molecule has 1 aromatic rings. The second-order valence-electron chi connectivity index (χ2n) is 4.39. The zero-order valence-corrected chi connectivity index (χ0v) is 12.3. The van der Waals surface area contributed by atoms with Crippen molar-refractivity contribution in [3.8, 4) is 0 Å². The molecule has 0 aliphatic carbocycles. The summed E-state index contributed by atoms with van der Waals surface area (Å²) >= 11 is 0. The first-order valence-corrected chi connectivity index (χ1v) is 8.14. The van der Waals surface area contributed by atoms with Gasteiger partial charge in [-0.25, -0.2) is 13.1 Å². The normalized spacial score (nSPS) is 12.9. The van der Waals surface area contributed by atoms with Gasteiger partial charge in [-0.15, -0.1) is 0 Å². The number of carbonyl (C=O) groups excluding carboxylic acids is 1. The van der Waals surface area contributed by atoms with Crippen molar-refractivity contribution in [2.45, 2.75) is 19.4 Å². The van der Waals surface area contributed by atoms with Gasteiger partial charge in [0.05, 0.1) is 5.75 Å². The van der Waals surface area contributed by atoms with Gasteiger partial charge in [0, 0.05) is 25.6 Å². The first-order chi connectivity index (χ1) is 9.44. The van der Waals surface area contributed by atoms with Gasteiger partial charge in [0.2, 0.25) is 15.9 Å². The van der Waals surface area contributed by atoms with Crippen LogP contribution in [0.5, 0.6) is 0 Å². The van der Waals surface area contributed by atoms with Crippen molar-refractivity contribution in [2.24, 2.45) is 5.73 Å². The molecule has 0 aliphatic rings. The standard InChI is InChI=1S/C13H21N3O3S/c1-2-16-20(18,19)9-8-15-13(17)10-12(14)11-6-4-3-5-7-11/h3-7,12,16H,2,8-10,14H2,1H3,(H,15,17). The lowest BCUT2D eigenvalue weighted by atomic mass is 10.0. The first-order valence-electron chi connectivity index (χ1n) is 6.49. The van der Waals surface area contributed by atoms with Crippen molar-refractivity contribution in [1.29, 1.82) is 0 Å². The lowest BCUT2D eigenvalue weighted by Crippen LogP contribution is -2.35. The number of rotatable bonds is 8. The Hall–Kier alpha value is -1.44. The minimum absolute atomic E-state index is 0.0790. The Bertz CT molecular complexity index is 517. The molecule has 0 aromatic heterocycles. The number of nitrogens with one attached hydrogen (secondary N) is 2. The molecule has 112 valence electrons. The second kappa shape index (κ2) is 7.98. The molecule has 0 spiro atoms. The fraction of sp³-hybridized carbons (Fsp3) is 0.462. The molecule has 6 nitrogen and oxygen atoms in total. The van der Waals surface area contributed by atoms with E-state index in [9.17, 15) is 13.2 Å². The van der Waals surface area contributed by atoms with E-state index < -0.39 is 10.0 Å². The number of hydrogen-bond donors (Lipinski definition) is 3. The van der Waals surface area contributed by atoms with Crippen molar-refractivity contribution in [3.05, 3.63) is 35.9 Å². The topological polar surface area (TPSA) is 101 Å². The molecule has 1 aromatic carbocycles. The maximum atomic E-state index is 11.7.